The van der Waals surface area contributed by atoms with Crippen molar-refractivity contribution in [1.82, 2.24) is 0 Å². The lowest BCUT2D eigenvalue weighted by atomic mass is 9.67. The summed E-state index contributed by atoms with van der Waals surface area (Å²) in [5, 5.41) is 0. The largest absolute Gasteiger partial charge is 0.384 e. The molecule has 0 aromatic carbocycles. The summed E-state index contributed by atoms with van der Waals surface area (Å²) in [5.41, 5.74) is 0.149. The number of hydrogen-bond donors (Lipinski definition) is 0. The number of ether oxygens (including phenoxy) is 1. The molecule has 96 valence electrons. The standard InChI is InChI=1S/C11H18F2O.C2H6/c1-10(12,13)5-3-6-11(9-14-2)7-4-8-11;1-2/h3,5H,4,6-9H2,1-2H3;1-2H3/b5-3+;. The van der Waals surface area contributed by atoms with Crippen LogP contribution in [0.4, 0.5) is 8.78 Å². The van der Waals surface area contributed by atoms with Crippen molar-refractivity contribution < 1.29 is 13.5 Å². The fraction of sp³-hybridized carbons (Fsp3) is 0.846. The molecule has 0 radical (unpaired) electrons. The van der Waals surface area contributed by atoms with Gasteiger partial charge >= 0.3 is 0 Å². The fourth-order valence-corrected chi connectivity index (χ4v) is 1.91. The quantitative estimate of drug-likeness (QED) is 0.639. The van der Waals surface area contributed by atoms with Crippen LogP contribution in [-0.4, -0.2) is 19.6 Å². The average molecular weight is 234 g/mol. The van der Waals surface area contributed by atoms with E-state index in [4.69, 9.17) is 4.74 Å². The van der Waals surface area contributed by atoms with E-state index in [1.807, 2.05) is 13.8 Å². The van der Waals surface area contributed by atoms with Crippen molar-refractivity contribution in [2.45, 2.75) is 52.4 Å². The van der Waals surface area contributed by atoms with Crippen molar-refractivity contribution in [1.29, 1.82) is 0 Å². The van der Waals surface area contributed by atoms with Gasteiger partial charge in [-0.25, -0.2) is 8.78 Å². The Balaban J connectivity index is 0.00000106. The molecule has 0 aromatic heterocycles. The molecular weight excluding hydrogens is 210 g/mol. The van der Waals surface area contributed by atoms with Crippen molar-refractivity contribution in [2.24, 2.45) is 5.41 Å². The van der Waals surface area contributed by atoms with Crippen LogP contribution in [-0.2, 0) is 4.74 Å². The summed E-state index contributed by atoms with van der Waals surface area (Å²) in [6.07, 6.45) is 6.69. The maximum Gasteiger partial charge on any atom is 0.263 e. The Morgan fingerprint density at radius 2 is 1.88 bits per heavy atom. The van der Waals surface area contributed by atoms with Gasteiger partial charge < -0.3 is 4.74 Å². The lowest BCUT2D eigenvalue weighted by Crippen LogP contribution is -2.33. The Labute approximate surface area is 97.9 Å². The molecule has 3 heteroatoms. The number of allylic oxidation sites excluding steroid dienone is 2. The molecule has 1 fully saturated rings. The number of halogens is 2. The summed E-state index contributed by atoms with van der Waals surface area (Å²) in [4.78, 5) is 0. The van der Waals surface area contributed by atoms with Gasteiger partial charge in [-0.1, -0.05) is 26.3 Å². The molecule has 16 heavy (non-hydrogen) atoms. The molecule has 0 amide bonds. The third kappa shape index (κ3) is 5.59. The van der Waals surface area contributed by atoms with Crippen molar-refractivity contribution >= 4 is 0 Å². The smallest absolute Gasteiger partial charge is 0.263 e. The van der Waals surface area contributed by atoms with Crippen LogP contribution in [0, 0.1) is 5.41 Å². The molecule has 1 nitrogen and oxygen atoms in total. The predicted molar refractivity (Wildman–Crippen MR) is 63.9 cm³/mol. The second-order valence-electron chi connectivity index (χ2n) is 4.35. The van der Waals surface area contributed by atoms with Crippen LogP contribution in [0.25, 0.3) is 0 Å². The topological polar surface area (TPSA) is 9.23 Å². The summed E-state index contributed by atoms with van der Waals surface area (Å²) in [6.45, 7) is 5.60. The lowest BCUT2D eigenvalue weighted by molar-refractivity contribution is 0.0189. The van der Waals surface area contributed by atoms with Crippen molar-refractivity contribution in [3.8, 4) is 0 Å². The molecule has 1 rings (SSSR count). The van der Waals surface area contributed by atoms with Gasteiger partial charge in [-0.15, -0.1) is 0 Å². The maximum atomic E-state index is 12.5. The van der Waals surface area contributed by atoms with E-state index in [0.717, 1.165) is 25.8 Å². The first-order chi connectivity index (χ1) is 7.47. The predicted octanol–water partition coefficient (Wildman–Crippen LogP) is 4.43. The molecule has 0 heterocycles. The summed E-state index contributed by atoms with van der Waals surface area (Å²) >= 11 is 0. The minimum Gasteiger partial charge on any atom is -0.384 e. The van der Waals surface area contributed by atoms with E-state index < -0.39 is 5.92 Å². The fourth-order valence-electron chi connectivity index (χ4n) is 1.91. The van der Waals surface area contributed by atoms with E-state index in [-0.39, 0.29) is 5.41 Å². The first-order valence-electron chi connectivity index (χ1n) is 6.02. The molecule has 1 aliphatic carbocycles. The van der Waals surface area contributed by atoms with E-state index >= 15 is 0 Å². The van der Waals surface area contributed by atoms with Crippen LogP contribution >= 0.6 is 0 Å². The van der Waals surface area contributed by atoms with E-state index in [1.54, 1.807) is 13.2 Å². The van der Waals surface area contributed by atoms with Crippen molar-refractivity contribution in [2.75, 3.05) is 13.7 Å². The van der Waals surface area contributed by atoms with Crippen molar-refractivity contribution in [3.63, 3.8) is 0 Å². The molecule has 1 saturated carbocycles. The summed E-state index contributed by atoms with van der Waals surface area (Å²) in [6, 6.07) is 0. The van der Waals surface area contributed by atoms with Crippen LogP contribution in [0.15, 0.2) is 12.2 Å². The second-order valence-corrected chi connectivity index (χ2v) is 4.35. The van der Waals surface area contributed by atoms with Gasteiger partial charge in [0, 0.05) is 14.0 Å². The van der Waals surface area contributed by atoms with Crippen molar-refractivity contribution in [3.05, 3.63) is 12.2 Å². The molecule has 0 aliphatic heterocycles. The minimum atomic E-state index is -2.68. The van der Waals surface area contributed by atoms with Gasteiger partial charge in [-0.3, -0.25) is 0 Å². The molecule has 0 spiro atoms. The van der Waals surface area contributed by atoms with Gasteiger partial charge in [0.25, 0.3) is 5.92 Å². The third-order valence-electron chi connectivity index (χ3n) is 2.83. The maximum absolute atomic E-state index is 12.5. The first kappa shape index (κ1) is 15.6. The van der Waals surface area contributed by atoms with Crippen LogP contribution in [0.5, 0.6) is 0 Å². The molecule has 0 bridgehead atoms. The Bertz CT molecular complexity index is 202. The Morgan fingerprint density at radius 3 is 2.19 bits per heavy atom. The number of rotatable bonds is 5. The second kappa shape index (κ2) is 7.00. The van der Waals surface area contributed by atoms with Gasteiger partial charge in [0.2, 0.25) is 0 Å². The van der Waals surface area contributed by atoms with Crippen LogP contribution in [0.2, 0.25) is 0 Å². The zero-order valence-corrected chi connectivity index (χ0v) is 10.9. The Morgan fingerprint density at radius 1 is 1.31 bits per heavy atom. The zero-order valence-electron chi connectivity index (χ0n) is 10.9. The summed E-state index contributed by atoms with van der Waals surface area (Å²) in [7, 11) is 1.66. The highest BCUT2D eigenvalue weighted by molar-refractivity contribution is 4.99. The van der Waals surface area contributed by atoms with Gasteiger partial charge in [-0.05, 0) is 30.8 Å². The highest BCUT2D eigenvalue weighted by Crippen LogP contribution is 2.44. The first-order valence-corrected chi connectivity index (χ1v) is 6.02. The van der Waals surface area contributed by atoms with Crippen LogP contribution < -0.4 is 0 Å². The third-order valence-corrected chi connectivity index (χ3v) is 2.83. The Kier molecular flexibility index (Phi) is 6.81. The molecule has 0 aromatic rings. The zero-order chi connectivity index (χ0) is 12.7. The summed E-state index contributed by atoms with van der Waals surface area (Å²) < 4.78 is 30.1. The molecule has 1 aliphatic rings. The normalized spacial score (nSPS) is 18.9. The number of methoxy groups -OCH3 is 1. The number of alkyl halides is 2. The van der Waals surface area contributed by atoms with Gasteiger partial charge in [0.1, 0.15) is 0 Å². The highest BCUT2D eigenvalue weighted by atomic mass is 19.3. The molecule has 0 saturated heterocycles. The summed E-state index contributed by atoms with van der Waals surface area (Å²) in [5.74, 6) is -2.68. The van der Waals surface area contributed by atoms with Gasteiger partial charge in [0.15, 0.2) is 0 Å². The number of hydrogen-bond acceptors (Lipinski definition) is 1. The van der Waals surface area contributed by atoms with E-state index in [0.29, 0.717) is 13.0 Å². The molecule has 0 N–H and O–H groups in total. The van der Waals surface area contributed by atoms with Gasteiger partial charge in [-0.2, -0.15) is 0 Å². The SMILES string of the molecule is CC.COCC1(C/C=C/C(C)(F)F)CCC1. The minimum absolute atomic E-state index is 0.149. The Hall–Kier alpha value is -0.440. The monoisotopic (exact) mass is 234 g/mol. The van der Waals surface area contributed by atoms with E-state index in [2.05, 4.69) is 0 Å². The highest BCUT2D eigenvalue weighted by Gasteiger charge is 2.35. The lowest BCUT2D eigenvalue weighted by Gasteiger charge is -2.40. The van der Waals surface area contributed by atoms with E-state index in [1.165, 1.54) is 6.42 Å². The molecular formula is C13H24F2O. The van der Waals surface area contributed by atoms with Crippen LogP contribution in [0.3, 0.4) is 0 Å². The van der Waals surface area contributed by atoms with Crippen LogP contribution in [0.1, 0.15) is 46.5 Å². The molecule has 0 atom stereocenters. The average Bonchev–Trinajstić information content (AvgIpc) is 2.15. The van der Waals surface area contributed by atoms with E-state index in [9.17, 15) is 8.78 Å². The molecule has 0 unspecified atom stereocenters. The van der Waals surface area contributed by atoms with Gasteiger partial charge in [0.05, 0.1) is 6.61 Å².